The van der Waals surface area contributed by atoms with Crippen LogP contribution in [0.4, 0.5) is 0 Å². The van der Waals surface area contributed by atoms with Crippen LogP contribution in [-0.2, 0) is 24.9 Å². The van der Waals surface area contributed by atoms with Crippen LogP contribution in [0.2, 0.25) is 0 Å². The molecule has 1 heterocycles. The molecule has 0 saturated carbocycles. The molecule has 32 heavy (non-hydrogen) atoms. The van der Waals surface area contributed by atoms with Crippen LogP contribution in [0.1, 0.15) is 52.7 Å². The number of carbonyl (C=O) groups excluding carboxylic acids is 1. The van der Waals surface area contributed by atoms with E-state index >= 15 is 0 Å². The molecule has 0 saturated heterocycles. The SMILES string of the molecule is CC(C)(C)C(=O)/C=C(\O)C(C)(C)C.Cc1cc[c-]c(-c2cc(C)c3ccccc3n2)c1.[Ir]. The zero-order valence-electron chi connectivity index (χ0n) is 20.3. The normalized spacial score (nSPS) is 11.9. The third-order valence-electron chi connectivity index (χ3n) is 4.93. The minimum atomic E-state index is -0.417. The van der Waals surface area contributed by atoms with Gasteiger partial charge in [0.1, 0.15) is 5.76 Å². The van der Waals surface area contributed by atoms with Crippen molar-refractivity contribution < 1.29 is 30.0 Å². The predicted octanol–water partition coefficient (Wildman–Crippen LogP) is 7.41. The Hall–Kier alpha value is -2.29. The minimum absolute atomic E-state index is 0. The summed E-state index contributed by atoms with van der Waals surface area (Å²) in [5.74, 6) is 0.104. The number of allylic oxidation sites excluding steroid dienone is 2. The van der Waals surface area contributed by atoms with Crippen LogP contribution < -0.4 is 0 Å². The summed E-state index contributed by atoms with van der Waals surface area (Å²) in [7, 11) is 0. The Morgan fingerprint density at radius 3 is 2.16 bits per heavy atom. The summed E-state index contributed by atoms with van der Waals surface area (Å²) >= 11 is 0. The summed E-state index contributed by atoms with van der Waals surface area (Å²) in [4.78, 5) is 16.2. The van der Waals surface area contributed by atoms with Gasteiger partial charge in [-0.05, 0) is 24.2 Å². The van der Waals surface area contributed by atoms with Gasteiger partial charge in [-0.1, -0.05) is 72.7 Å². The molecule has 0 bridgehead atoms. The molecule has 0 unspecified atom stereocenters. The van der Waals surface area contributed by atoms with Crippen LogP contribution in [0.3, 0.4) is 0 Å². The maximum Gasteiger partial charge on any atom is 0.164 e. The number of aliphatic hydroxyl groups excluding tert-OH is 1. The molecule has 0 aliphatic heterocycles. The first-order chi connectivity index (χ1) is 14.3. The topological polar surface area (TPSA) is 50.2 Å². The Bertz CT molecular complexity index is 1100. The molecule has 1 aromatic heterocycles. The Balaban J connectivity index is 0.000000330. The Labute approximate surface area is 206 Å². The van der Waals surface area contributed by atoms with E-state index in [-0.39, 0.29) is 37.1 Å². The van der Waals surface area contributed by atoms with Crippen molar-refractivity contribution in [3.8, 4) is 11.3 Å². The van der Waals surface area contributed by atoms with E-state index in [1.54, 1.807) is 0 Å². The molecule has 0 fully saturated rings. The molecule has 0 aliphatic carbocycles. The summed E-state index contributed by atoms with van der Waals surface area (Å²) in [6.45, 7) is 15.3. The van der Waals surface area contributed by atoms with Gasteiger partial charge in [-0.3, -0.25) is 9.78 Å². The van der Waals surface area contributed by atoms with Crippen LogP contribution in [0.5, 0.6) is 0 Å². The van der Waals surface area contributed by atoms with Crippen LogP contribution in [-0.4, -0.2) is 15.9 Å². The fourth-order valence-corrected chi connectivity index (χ4v) is 2.77. The summed E-state index contributed by atoms with van der Waals surface area (Å²) in [5, 5.41) is 10.8. The molecule has 0 spiro atoms. The van der Waals surface area contributed by atoms with Crippen molar-refractivity contribution in [1.82, 2.24) is 4.98 Å². The molecule has 2 aromatic carbocycles. The van der Waals surface area contributed by atoms with E-state index in [1.165, 1.54) is 22.6 Å². The van der Waals surface area contributed by atoms with Gasteiger partial charge in [0, 0.05) is 42.4 Å². The number of hydrogen-bond donors (Lipinski definition) is 1. The van der Waals surface area contributed by atoms with Crippen molar-refractivity contribution >= 4 is 16.7 Å². The molecular formula is C28H34IrNO2-. The van der Waals surface area contributed by atoms with E-state index in [1.807, 2.05) is 53.7 Å². The number of benzene rings is 2. The number of pyridine rings is 1. The molecule has 0 atom stereocenters. The zero-order chi connectivity index (χ0) is 23.4. The molecule has 0 aliphatic rings. The van der Waals surface area contributed by atoms with E-state index in [4.69, 9.17) is 4.98 Å². The summed E-state index contributed by atoms with van der Waals surface area (Å²) < 4.78 is 0. The number of nitrogens with zero attached hydrogens (tertiary/aromatic N) is 1. The molecule has 1 radical (unpaired) electrons. The molecule has 1 N–H and O–H groups in total. The fraction of sp³-hybridized carbons (Fsp3) is 0.357. The van der Waals surface area contributed by atoms with Crippen LogP contribution in [0.15, 0.2) is 60.4 Å². The Morgan fingerprint density at radius 1 is 0.969 bits per heavy atom. The molecule has 3 rings (SSSR count). The zero-order valence-corrected chi connectivity index (χ0v) is 22.7. The van der Waals surface area contributed by atoms with E-state index in [9.17, 15) is 9.90 Å². The number of aliphatic hydroxyl groups is 1. The molecule has 3 nitrogen and oxygen atoms in total. The largest absolute Gasteiger partial charge is 0.512 e. The summed E-state index contributed by atoms with van der Waals surface area (Å²) in [5.41, 5.74) is 4.82. The van der Waals surface area contributed by atoms with Gasteiger partial charge in [-0.25, -0.2) is 0 Å². The van der Waals surface area contributed by atoms with Gasteiger partial charge in [-0.2, -0.15) is 0 Å². The van der Waals surface area contributed by atoms with E-state index < -0.39 is 5.41 Å². The number of rotatable bonds is 2. The van der Waals surface area contributed by atoms with Gasteiger partial charge in [0.15, 0.2) is 5.78 Å². The Kier molecular flexibility index (Phi) is 9.56. The molecule has 173 valence electrons. The van der Waals surface area contributed by atoms with Crippen molar-refractivity contribution in [1.29, 1.82) is 0 Å². The van der Waals surface area contributed by atoms with Crippen molar-refractivity contribution in [3.63, 3.8) is 0 Å². The quantitative estimate of drug-likeness (QED) is 0.187. The number of ketones is 1. The number of para-hydroxylation sites is 1. The number of hydrogen-bond acceptors (Lipinski definition) is 3. The smallest absolute Gasteiger partial charge is 0.164 e. The predicted molar refractivity (Wildman–Crippen MR) is 130 cm³/mol. The van der Waals surface area contributed by atoms with E-state index in [0.717, 1.165) is 16.8 Å². The average molecular weight is 609 g/mol. The van der Waals surface area contributed by atoms with Gasteiger partial charge in [0.25, 0.3) is 0 Å². The molecule has 0 amide bonds. The third-order valence-corrected chi connectivity index (χ3v) is 4.93. The van der Waals surface area contributed by atoms with Crippen LogP contribution in [0, 0.1) is 30.7 Å². The second-order valence-corrected chi connectivity index (χ2v) is 10.0. The maximum atomic E-state index is 11.5. The van der Waals surface area contributed by atoms with Crippen LogP contribution >= 0.6 is 0 Å². The average Bonchev–Trinajstić information content (AvgIpc) is 2.67. The second kappa shape index (κ2) is 11.0. The van der Waals surface area contributed by atoms with Gasteiger partial charge in [0.05, 0.1) is 5.52 Å². The van der Waals surface area contributed by atoms with Crippen molar-refractivity contribution in [3.05, 3.63) is 77.6 Å². The second-order valence-electron chi connectivity index (χ2n) is 10.0. The Morgan fingerprint density at radius 2 is 1.59 bits per heavy atom. The maximum absolute atomic E-state index is 11.5. The first kappa shape index (κ1) is 27.7. The summed E-state index contributed by atoms with van der Waals surface area (Å²) in [6.07, 6.45) is 1.33. The van der Waals surface area contributed by atoms with Gasteiger partial charge in [-0.15, -0.1) is 35.4 Å². The van der Waals surface area contributed by atoms with E-state index in [0.29, 0.717) is 0 Å². The minimum Gasteiger partial charge on any atom is -0.512 e. The van der Waals surface area contributed by atoms with Crippen molar-refractivity contribution in [2.75, 3.05) is 0 Å². The fourth-order valence-electron chi connectivity index (χ4n) is 2.77. The molecular weight excluding hydrogens is 575 g/mol. The van der Waals surface area contributed by atoms with Crippen molar-refractivity contribution in [2.45, 2.75) is 55.4 Å². The first-order valence-corrected chi connectivity index (χ1v) is 10.6. The standard InChI is InChI=1S/C17H14N.C11H20O2.Ir/c1-12-6-5-7-14(10-12)17-11-13(2)15-8-3-4-9-16(15)18-17;1-10(2,3)8(12)7-9(13)11(4,5)6;/h3-6,8-11H,1-2H3;7,12H,1-6H3;/q-1;;/b;8-7-;. The molecule has 4 heteroatoms. The number of fused-ring (bicyclic) bond motifs is 1. The number of aryl methyl sites for hydroxylation is 2. The first-order valence-electron chi connectivity index (χ1n) is 10.6. The van der Waals surface area contributed by atoms with Gasteiger partial charge >= 0.3 is 0 Å². The number of aromatic nitrogens is 1. The number of carbonyl (C=O) groups is 1. The van der Waals surface area contributed by atoms with E-state index in [2.05, 4.69) is 56.3 Å². The molecule has 3 aromatic rings. The van der Waals surface area contributed by atoms with Crippen LogP contribution in [0.25, 0.3) is 22.2 Å². The monoisotopic (exact) mass is 609 g/mol. The van der Waals surface area contributed by atoms with Crippen molar-refractivity contribution in [2.24, 2.45) is 10.8 Å². The van der Waals surface area contributed by atoms with Gasteiger partial charge in [0.2, 0.25) is 0 Å². The summed E-state index contributed by atoms with van der Waals surface area (Å²) in [6, 6.07) is 19.8. The van der Waals surface area contributed by atoms with Gasteiger partial charge < -0.3 is 5.11 Å². The third kappa shape index (κ3) is 7.69.